The van der Waals surface area contributed by atoms with Gasteiger partial charge in [-0.3, -0.25) is 4.79 Å². The fraction of sp³-hybridized carbons (Fsp3) is 0. The second-order valence-electron chi connectivity index (χ2n) is 4.01. The molecule has 2 aromatic heterocycles. The summed E-state index contributed by atoms with van der Waals surface area (Å²) in [5.41, 5.74) is 2.24. The number of thiophene rings is 1. The van der Waals surface area contributed by atoms with Gasteiger partial charge in [0.2, 0.25) is 0 Å². The molecule has 0 aliphatic heterocycles. The SMILES string of the molecule is O=C(Nc1cccc(Br)c1)c1csc(-c2ccsc2)n1. The minimum atomic E-state index is -0.194. The largest absolute Gasteiger partial charge is 0.321 e. The van der Waals surface area contributed by atoms with Gasteiger partial charge in [0, 0.05) is 26.5 Å². The molecule has 3 rings (SSSR count). The van der Waals surface area contributed by atoms with E-state index in [-0.39, 0.29) is 5.91 Å². The van der Waals surface area contributed by atoms with Gasteiger partial charge in [-0.15, -0.1) is 11.3 Å². The van der Waals surface area contributed by atoms with Gasteiger partial charge in [-0.05, 0) is 29.6 Å². The highest BCUT2D eigenvalue weighted by atomic mass is 79.9. The van der Waals surface area contributed by atoms with E-state index in [1.54, 1.807) is 16.7 Å². The van der Waals surface area contributed by atoms with Gasteiger partial charge in [-0.25, -0.2) is 4.98 Å². The van der Waals surface area contributed by atoms with Crippen molar-refractivity contribution in [3.8, 4) is 10.6 Å². The molecule has 0 saturated heterocycles. The van der Waals surface area contributed by atoms with Crippen molar-refractivity contribution in [3.63, 3.8) is 0 Å². The number of thiazole rings is 1. The van der Waals surface area contributed by atoms with Crippen LogP contribution < -0.4 is 5.32 Å². The molecule has 0 fully saturated rings. The Morgan fingerprint density at radius 2 is 2.15 bits per heavy atom. The van der Waals surface area contributed by atoms with Crippen LogP contribution in [0.5, 0.6) is 0 Å². The highest BCUT2D eigenvalue weighted by molar-refractivity contribution is 9.10. The first-order valence-corrected chi connectivity index (χ1v) is 8.39. The highest BCUT2D eigenvalue weighted by Gasteiger charge is 2.12. The molecule has 1 amide bonds. The van der Waals surface area contributed by atoms with Crippen molar-refractivity contribution in [2.45, 2.75) is 0 Å². The molecule has 0 aliphatic carbocycles. The topological polar surface area (TPSA) is 42.0 Å². The molecule has 0 aliphatic rings. The number of nitrogens with one attached hydrogen (secondary N) is 1. The number of anilines is 1. The van der Waals surface area contributed by atoms with E-state index in [2.05, 4.69) is 26.2 Å². The lowest BCUT2D eigenvalue weighted by molar-refractivity contribution is 0.102. The van der Waals surface area contributed by atoms with E-state index in [1.165, 1.54) is 11.3 Å². The maximum atomic E-state index is 12.1. The standard InChI is InChI=1S/C14H9BrN2OS2/c15-10-2-1-3-11(6-10)16-13(18)12-8-20-14(17-12)9-4-5-19-7-9/h1-8H,(H,16,18). The van der Waals surface area contributed by atoms with Crippen molar-refractivity contribution >= 4 is 50.2 Å². The quantitative estimate of drug-likeness (QED) is 0.718. The van der Waals surface area contributed by atoms with Crippen molar-refractivity contribution in [2.24, 2.45) is 0 Å². The Morgan fingerprint density at radius 1 is 1.25 bits per heavy atom. The Labute approximate surface area is 132 Å². The van der Waals surface area contributed by atoms with Gasteiger partial charge >= 0.3 is 0 Å². The molecule has 6 heteroatoms. The molecule has 1 aromatic carbocycles. The van der Waals surface area contributed by atoms with Gasteiger partial charge in [0.15, 0.2) is 0 Å². The number of amides is 1. The first kappa shape index (κ1) is 13.5. The third kappa shape index (κ3) is 2.98. The monoisotopic (exact) mass is 364 g/mol. The summed E-state index contributed by atoms with van der Waals surface area (Å²) >= 11 is 6.47. The third-order valence-electron chi connectivity index (χ3n) is 2.59. The lowest BCUT2D eigenvalue weighted by atomic mass is 10.3. The summed E-state index contributed by atoms with van der Waals surface area (Å²) in [6.07, 6.45) is 0. The zero-order valence-electron chi connectivity index (χ0n) is 10.2. The third-order valence-corrected chi connectivity index (χ3v) is 4.66. The zero-order chi connectivity index (χ0) is 13.9. The Bertz CT molecular complexity index is 737. The van der Waals surface area contributed by atoms with Gasteiger partial charge in [0.05, 0.1) is 0 Å². The second-order valence-corrected chi connectivity index (χ2v) is 6.57. The average molecular weight is 365 g/mol. The number of halogens is 1. The highest BCUT2D eigenvalue weighted by Crippen LogP contribution is 2.26. The summed E-state index contributed by atoms with van der Waals surface area (Å²) < 4.78 is 0.924. The first-order chi connectivity index (χ1) is 9.72. The predicted molar refractivity (Wildman–Crippen MR) is 87.5 cm³/mol. The van der Waals surface area contributed by atoms with Crippen LogP contribution >= 0.6 is 38.6 Å². The molecular weight excluding hydrogens is 356 g/mol. The van der Waals surface area contributed by atoms with Crippen molar-refractivity contribution in [1.82, 2.24) is 4.98 Å². The molecule has 0 spiro atoms. The minimum Gasteiger partial charge on any atom is -0.321 e. The molecular formula is C14H9BrN2OS2. The Morgan fingerprint density at radius 3 is 2.90 bits per heavy atom. The number of carbonyl (C=O) groups is 1. The van der Waals surface area contributed by atoms with E-state index in [1.807, 2.05) is 41.1 Å². The predicted octanol–water partition coefficient (Wildman–Crippen LogP) is 4.89. The number of hydrogen-bond donors (Lipinski definition) is 1. The summed E-state index contributed by atoms with van der Waals surface area (Å²) in [7, 11) is 0. The van der Waals surface area contributed by atoms with E-state index in [0.29, 0.717) is 5.69 Å². The number of nitrogens with zero attached hydrogens (tertiary/aromatic N) is 1. The Kier molecular flexibility index (Phi) is 3.95. The zero-order valence-corrected chi connectivity index (χ0v) is 13.4. The summed E-state index contributed by atoms with van der Waals surface area (Å²) in [5, 5.41) is 9.50. The molecule has 0 bridgehead atoms. The van der Waals surface area contributed by atoms with Gasteiger partial charge in [0.1, 0.15) is 10.7 Å². The smallest absolute Gasteiger partial charge is 0.275 e. The number of carbonyl (C=O) groups excluding carboxylic acids is 1. The van der Waals surface area contributed by atoms with Gasteiger partial charge < -0.3 is 5.32 Å². The van der Waals surface area contributed by atoms with Gasteiger partial charge in [0.25, 0.3) is 5.91 Å². The summed E-state index contributed by atoms with van der Waals surface area (Å²) in [5.74, 6) is -0.194. The summed E-state index contributed by atoms with van der Waals surface area (Å²) in [4.78, 5) is 16.5. The van der Waals surface area contributed by atoms with E-state index in [4.69, 9.17) is 0 Å². The molecule has 100 valence electrons. The number of hydrogen-bond acceptors (Lipinski definition) is 4. The van der Waals surface area contributed by atoms with E-state index < -0.39 is 0 Å². The minimum absolute atomic E-state index is 0.194. The van der Waals surface area contributed by atoms with Crippen LogP contribution in [0.3, 0.4) is 0 Å². The number of benzene rings is 1. The first-order valence-electron chi connectivity index (χ1n) is 5.77. The Hall–Kier alpha value is -1.50. The normalized spacial score (nSPS) is 10.4. The van der Waals surface area contributed by atoms with Crippen LogP contribution in [0.2, 0.25) is 0 Å². The van der Waals surface area contributed by atoms with Crippen LogP contribution in [-0.4, -0.2) is 10.9 Å². The molecule has 20 heavy (non-hydrogen) atoms. The van der Waals surface area contributed by atoms with E-state index in [9.17, 15) is 4.79 Å². The summed E-state index contributed by atoms with van der Waals surface area (Å²) in [6.45, 7) is 0. The lowest BCUT2D eigenvalue weighted by Crippen LogP contribution is -2.12. The van der Waals surface area contributed by atoms with E-state index in [0.717, 1.165) is 20.7 Å². The van der Waals surface area contributed by atoms with Crippen LogP contribution in [0.15, 0.2) is 50.9 Å². The van der Waals surface area contributed by atoms with Crippen molar-refractivity contribution in [3.05, 3.63) is 56.6 Å². The van der Waals surface area contributed by atoms with Crippen LogP contribution in [0.25, 0.3) is 10.6 Å². The van der Waals surface area contributed by atoms with Crippen molar-refractivity contribution in [1.29, 1.82) is 0 Å². The van der Waals surface area contributed by atoms with Crippen molar-refractivity contribution < 1.29 is 4.79 Å². The maximum Gasteiger partial charge on any atom is 0.275 e. The summed E-state index contributed by atoms with van der Waals surface area (Å²) in [6, 6.07) is 9.48. The molecule has 2 heterocycles. The van der Waals surface area contributed by atoms with Crippen LogP contribution in [0, 0.1) is 0 Å². The molecule has 0 radical (unpaired) electrons. The fourth-order valence-corrected chi connectivity index (χ4v) is 3.57. The molecule has 3 nitrogen and oxygen atoms in total. The van der Waals surface area contributed by atoms with E-state index >= 15 is 0 Å². The fourth-order valence-electron chi connectivity index (χ4n) is 1.66. The molecule has 0 unspecified atom stereocenters. The second kappa shape index (κ2) is 5.87. The molecule has 1 N–H and O–H groups in total. The molecule has 3 aromatic rings. The molecule has 0 saturated carbocycles. The van der Waals surface area contributed by atoms with Crippen LogP contribution in [0.1, 0.15) is 10.5 Å². The van der Waals surface area contributed by atoms with Gasteiger partial charge in [-0.2, -0.15) is 11.3 Å². The molecule has 0 atom stereocenters. The lowest BCUT2D eigenvalue weighted by Gasteiger charge is -2.03. The average Bonchev–Trinajstić information content (AvgIpc) is 3.10. The Balaban J connectivity index is 1.78. The van der Waals surface area contributed by atoms with Crippen molar-refractivity contribution in [2.75, 3.05) is 5.32 Å². The number of aromatic nitrogens is 1. The van der Waals surface area contributed by atoms with Crippen LogP contribution in [-0.2, 0) is 0 Å². The maximum absolute atomic E-state index is 12.1. The van der Waals surface area contributed by atoms with Crippen LogP contribution in [0.4, 0.5) is 5.69 Å². The van der Waals surface area contributed by atoms with Gasteiger partial charge in [-0.1, -0.05) is 22.0 Å². The number of rotatable bonds is 3.